The first kappa shape index (κ1) is 79.1. The van der Waals surface area contributed by atoms with E-state index in [0.717, 1.165) is 43.0 Å². The predicted molar refractivity (Wildman–Crippen MR) is 306 cm³/mol. The molecule has 2 rings (SSSR count). The largest absolute Gasteiger partial charge is 0.613 e. The van der Waals surface area contributed by atoms with Crippen LogP contribution in [-0.4, -0.2) is 230 Å². The quantitative estimate of drug-likeness (QED) is 0.0164. The highest BCUT2D eigenvalue weighted by Crippen LogP contribution is 2.47. The summed E-state index contributed by atoms with van der Waals surface area (Å²) in [6, 6.07) is -12.5. The zero-order valence-corrected chi connectivity index (χ0v) is 50.8. The van der Waals surface area contributed by atoms with Crippen LogP contribution < -0.4 is 81.0 Å². The SMILES string of the molecule is C[C@@H](O)[C@H](NC(=O)[C@H](CC(N)=O)NC(=O)[C@@H]([NH3+])CCCNC(N)N)C(=O)N[C@@H](CC(N)=O)C(=O)N[C@@H](CCC(=O)O)C(=O)N[C@@H](Cc1ccc(O[P+](O)(O)O)cc1)C(=O)N[C@H](C(=O)N[C@@H](CCC(=O)O)C(=O)NCC(=O)N1CCC[C@H]1C(=O)O)[C@@H](C)O[P+](O)(O)O. The molecule has 1 aliphatic heterocycles. The molecule has 91 heavy (non-hydrogen) atoms. The number of aliphatic carboxylic acids is 3. The minimum Gasteiger partial charge on any atom is -0.481 e. The molecule has 1 aliphatic rings. The van der Waals surface area contributed by atoms with Crippen LogP contribution in [0.15, 0.2) is 24.3 Å². The average molecular weight is 1350 g/mol. The molecule has 43 heteroatoms. The van der Waals surface area contributed by atoms with Gasteiger partial charge in [-0.2, -0.15) is 29.4 Å². The third-order valence-corrected chi connectivity index (χ3v) is 14.1. The number of carboxylic acid groups (broad SMARTS) is 3. The summed E-state index contributed by atoms with van der Waals surface area (Å²) in [6.07, 6.45) is -10.1. The van der Waals surface area contributed by atoms with Crippen molar-refractivity contribution < 1.29 is 132 Å². The first-order chi connectivity index (χ1) is 42.2. The fraction of sp³-hybridized carbons (Fsp3) is 0.583. The molecule has 0 bridgehead atoms. The molecule has 1 fully saturated rings. The number of hydrogen-bond acceptors (Lipinski definition) is 26. The van der Waals surface area contributed by atoms with E-state index in [1.807, 2.05) is 0 Å². The van der Waals surface area contributed by atoms with E-state index in [4.69, 9.17) is 27.5 Å². The van der Waals surface area contributed by atoms with Crippen molar-refractivity contribution in [2.75, 3.05) is 19.6 Å². The summed E-state index contributed by atoms with van der Waals surface area (Å²) in [5, 5.41) is 59.1. The van der Waals surface area contributed by atoms with Gasteiger partial charge in [0, 0.05) is 32.2 Å². The van der Waals surface area contributed by atoms with Crippen LogP contribution in [0.3, 0.4) is 0 Å². The fourth-order valence-corrected chi connectivity index (χ4v) is 9.55. The van der Waals surface area contributed by atoms with Gasteiger partial charge in [-0.3, -0.25) is 72.2 Å². The lowest BCUT2D eigenvalue weighted by Crippen LogP contribution is -2.69. The van der Waals surface area contributed by atoms with Gasteiger partial charge in [-0.05, 0) is 70.2 Å². The summed E-state index contributed by atoms with van der Waals surface area (Å²) < 4.78 is 9.43. The van der Waals surface area contributed by atoms with Crippen LogP contribution in [-0.2, 0) is 78.1 Å². The van der Waals surface area contributed by atoms with Crippen molar-refractivity contribution in [2.24, 2.45) is 22.9 Å². The van der Waals surface area contributed by atoms with E-state index >= 15 is 0 Å². The molecule has 41 nitrogen and oxygen atoms in total. The maximum Gasteiger partial charge on any atom is 0.613 e. The van der Waals surface area contributed by atoms with Crippen LogP contribution in [0.4, 0.5) is 0 Å². The topological polar surface area (TPSA) is 703 Å². The molecule has 0 unspecified atom stereocenters. The Morgan fingerprint density at radius 1 is 0.615 bits per heavy atom. The van der Waals surface area contributed by atoms with Crippen LogP contribution in [0.2, 0.25) is 0 Å². The fourth-order valence-electron chi connectivity index (χ4n) is 8.57. The number of quaternary nitrogens is 1. The maximum atomic E-state index is 14.5. The summed E-state index contributed by atoms with van der Waals surface area (Å²) in [5.41, 5.74) is 25.3. The second kappa shape index (κ2) is 37.3. The number of likely N-dealkylation sites (tertiary alicyclic amines) is 1. The van der Waals surface area contributed by atoms with Gasteiger partial charge in [-0.1, -0.05) is 12.1 Å². The number of hydrogen-bond donors (Lipinski definition) is 24. The summed E-state index contributed by atoms with van der Waals surface area (Å²) in [5.74, 6) is -18.9. The van der Waals surface area contributed by atoms with Gasteiger partial charge in [-0.25, -0.2) is 4.79 Å². The van der Waals surface area contributed by atoms with Gasteiger partial charge in [-0.15, -0.1) is 4.52 Å². The number of amides is 11. The molecule has 1 aromatic rings. The Hall–Kier alpha value is -8.02. The van der Waals surface area contributed by atoms with Crippen molar-refractivity contribution in [1.29, 1.82) is 0 Å². The van der Waals surface area contributed by atoms with Crippen molar-refractivity contribution in [1.82, 2.24) is 52.8 Å². The van der Waals surface area contributed by atoms with E-state index in [1.165, 1.54) is 0 Å². The number of primary amides is 2. The molecule has 0 saturated carbocycles. The number of nitrogens with zero attached hydrogens (tertiary/aromatic N) is 1. The molecular formula is C48H80N15O26P2+3. The molecule has 0 radical (unpaired) electrons. The third-order valence-electron chi connectivity index (χ3n) is 13.0. The Labute approximate surface area is 517 Å². The summed E-state index contributed by atoms with van der Waals surface area (Å²) >= 11 is 0. The second-order valence-corrected chi connectivity index (χ2v) is 23.1. The number of carboxylic acids is 3. The smallest absolute Gasteiger partial charge is 0.481 e. The van der Waals surface area contributed by atoms with Crippen LogP contribution in [0.5, 0.6) is 5.75 Å². The highest BCUT2D eigenvalue weighted by molar-refractivity contribution is 7.53. The van der Waals surface area contributed by atoms with Crippen LogP contribution in [0, 0.1) is 0 Å². The van der Waals surface area contributed by atoms with Crippen molar-refractivity contribution >= 4 is 99.2 Å². The monoisotopic (exact) mass is 1340 g/mol. The highest BCUT2D eigenvalue weighted by Gasteiger charge is 2.44. The number of carbonyl (C=O) groups excluding carboxylic acids is 11. The third kappa shape index (κ3) is 30.1. The number of rotatable bonds is 41. The number of aliphatic hydroxyl groups excluding tert-OH is 1. The Balaban J connectivity index is 2.62. The molecule has 0 spiro atoms. The van der Waals surface area contributed by atoms with E-state index in [9.17, 15) is 117 Å². The number of benzene rings is 1. The lowest BCUT2D eigenvalue weighted by atomic mass is 10.0. The van der Waals surface area contributed by atoms with Gasteiger partial charge < -0.3 is 96.5 Å². The Bertz CT molecular complexity index is 2760. The Morgan fingerprint density at radius 2 is 1.08 bits per heavy atom. The number of aliphatic hydroxyl groups is 1. The number of carbonyl (C=O) groups is 14. The van der Waals surface area contributed by atoms with Gasteiger partial charge >= 0.3 is 34.2 Å². The van der Waals surface area contributed by atoms with Gasteiger partial charge in [0.2, 0.25) is 59.1 Å². The predicted octanol–water partition coefficient (Wildman–Crippen LogP) is -11.1. The van der Waals surface area contributed by atoms with Crippen molar-refractivity contribution in [3.8, 4) is 5.75 Å². The lowest BCUT2D eigenvalue weighted by molar-refractivity contribution is -0.405. The molecule has 1 aromatic carbocycles. The van der Waals surface area contributed by atoms with Crippen LogP contribution in [0.1, 0.15) is 83.6 Å². The summed E-state index contributed by atoms with van der Waals surface area (Å²) in [7, 11) is -10.3. The van der Waals surface area contributed by atoms with E-state index < -0.39 is 224 Å². The molecule has 0 aliphatic carbocycles. The van der Waals surface area contributed by atoms with Gasteiger partial charge in [0.1, 0.15) is 60.7 Å². The summed E-state index contributed by atoms with van der Waals surface area (Å²) in [4.78, 5) is 243. The average Bonchev–Trinajstić information content (AvgIpc) is 2.34. The molecule has 11 amide bonds. The zero-order valence-electron chi connectivity index (χ0n) is 49.0. The second-order valence-electron chi connectivity index (χ2n) is 20.6. The first-order valence-corrected chi connectivity index (χ1v) is 30.6. The zero-order chi connectivity index (χ0) is 69.2. The van der Waals surface area contributed by atoms with Gasteiger partial charge in [0.05, 0.1) is 25.5 Å². The van der Waals surface area contributed by atoms with Crippen LogP contribution >= 0.6 is 16.3 Å². The van der Waals surface area contributed by atoms with E-state index in [0.29, 0.717) is 12.8 Å². The van der Waals surface area contributed by atoms with Gasteiger partial charge in [0.25, 0.3) is 5.91 Å². The molecule has 1 heterocycles. The van der Waals surface area contributed by atoms with Crippen molar-refractivity contribution in [3.63, 3.8) is 0 Å². The maximum absolute atomic E-state index is 14.5. The van der Waals surface area contributed by atoms with Crippen molar-refractivity contribution in [2.45, 2.75) is 157 Å². The molecular weight excluding hydrogens is 1260 g/mol. The molecule has 0 aromatic heterocycles. The molecule has 1 saturated heterocycles. The van der Waals surface area contributed by atoms with Gasteiger partial charge in [0.15, 0.2) is 11.8 Å². The van der Waals surface area contributed by atoms with E-state index in [-0.39, 0.29) is 37.2 Å². The standard InChI is InChI=1S/C48H77N15O26P2/c1-21(64)37(61-44(77)30(19-33(51)66)58-39(72)25(49)5-3-15-54-48(52)53)45(78)60-29(18-32(50)65)42(75)56-27(12-14-36(70)71)41(74)59-28(17-23-7-9-24(10-8-23)89-91(85,86)87)43(76)62-38(22(2)88-90(82,83)84)46(79)57-26(11-13-35(68)69)40(73)55-20-34(67)63-16-4-6-31(63)47(80)81/h7-10,21-22,25-31,37-38,48,54,64,82-87H,3-6,11-20,49,52-53H2,1-2H3,(H13-2,50,51,55,56,57,58,59,60,61,62,65,66,68,69,70,71,72,73,74,75,76,77,78,79,80,81)/p+3/t21-,22-,25+,26+,27+,28+,29+,30+,31+,37+,38+/m1/s1. The van der Waals surface area contributed by atoms with Crippen molar-refractivity contribution in [3.05, 3.63) is 29.8 Å². The Kier molecular flexibility index (Phi) is 32.5. The number of nitrogens with one attached hydrogen (secondary N) is 9. The lowest BCUT2D eigenvalue weighted by Gasteiger charge is -2.29. The van der Waals surface area contributed by atoms with E-state index in [1.54, 1.807) is 0 Å². The molecule has 510 valence electrons. The highest BCUT2D eigenvalue weighted by atomic mass is 31.2. The number of nitrogens with two attached hydrogens (primary N) is 4. The minimum atomic E-state index is -5.38. The molecule has 30 N–H and O–H groups in total. The first-order valence-electron chi connectivity index (χ1n) is 27.5. The van der Waals surface area contributed by atoms with E-state index in [2.05, 4.69) is 58.1 Å². The molecule has 11 atom stereocenters. The normalized spacial score (nSPS) is 16.5. The minimum absolute atomic E-state index is 0.000618. The summed E-state index contributed by atoms with van der Waals surface area (Å²) in [6.45, 7) is 1.23. The Morgan fingerprint density at radius 3 is 1.57 bits per heavy atom. The van der Waals surface area contributed by atoms with Crippen LogP contribution in [0.25, 0.3) is 0 Å².